The molecule has 0 saturated carbocycles. The molecule has 1 N–H and O–H groups in total. The predicted molar refractivity (Wildman–Crippen MR) is 115 cm³/mol. The Kier molecular flexibility index (Phi) is 6.92. The Balaban J connectivity index is 1.82. The average molecular weight is 427 g/mol. The Morgan fingerprint density at radius 1 is 0.774 bits per heavy atom. The van der Waals surface area contributed by atoms with E-state index in [2.05, 4.69) is 5.32 Å². The first-order valence-corrected chi connectivity index (χ1v) is 9.44. The van der Waals surface area contributed by atoms with Gasteiger partial charge in [0.2, 0.25) is 0 Å². The Bertz CT molecular complexity index is 1040. The van der Waals surface area contributed by atoms with Crippen LogP contribution in [0.2, 0.25) is 0 Å². The van der Waals surface area contributed by atoms with Crippen molar-refractivity contribution in [1.29, 1.82) is 0 Å². The van der Waals surface area contributed by atoms with Crippen LogP contribution in [0.4, 0.5) is 5.69 Å². The van der Waals surface area contributed by atoms with Crippen LogP contribution >= 0.6 is 0 Å². The van der Waals surface area contributed by atoms with E-state index in [1.54, 1.807) is 57.7 Å². The van der Waals surface area contributed by atoms with Gasteiger partial charge in [-0.05, 0) is 30.3 Å². The number of carbonyl (C=O) groups excluding carboxylic acids is 1. The van der Waals surface area contributed by atoms with Crippen molar-refractivity contribution in [1.82, 2.24) is 0 Å². The SMILES string of the molecule is COc1cc(OC)c(OC)cc1Cc1ccc(C(=O)Nc2c(OC)cccc2OC)o1. The van der Waals surface area contributed by atoms with Crippen LogP contribution in [0, 0.1) is 0 Å². The minimum Gasteiger partial charge on any atom is -0.496 e. The maximum atomic E-state index is 12.7. The molecule has 1 amide bonds. The minimum absolute atomic E-state index is 0.155. The fraction of sp³-hybridized carbons (Fsp3) is 0.261. The molecule has 0 aliphatic carbocycles. The van der Waals surface area contributed by atoms with Crippen molar-refractivity contribution in [3.05, 3.63) is 59.5 Å². The van der Waals surface area contributed by atoms with Gasteiger partial charge in [-0.1, -0.05) is 6.07 Å². The third-order valence-corrected chi connectivity index (χ3v) is 4.70. The number of anilines is 1. The first kappa shape index (κ1) is 21.9. The zero-order chi connectivity index (χ0) is 22.4. The number of ether oxygens (including phenoxy) is 5. The molecule has 1 heterocycles. The number of amides is 1. The van der Waals surface area contributed by atoms with Gasteiger partial charge in [0.25, 0.3) is 5.91 Å². The second kappa shape index (κ2) is 9.80. The largest absolute Gasteiger partial charge is 0.496 e. The highest BCUT2D eigenvalue weighted by atomic mass is 16.5. The predicted octanol–water partition coefficient (Wildman–Crippen LogP) is 4.17. The van der Waals surface area contributed by atoms with E-state index in [1.807, 2.05) is 6.07 Å². The van der Waals surface area contributed by atoms with Gasteiger partial charge in [0.05, 0.1) is 35.5 Å². The Labute approximate surface area is 180 Å². The van der Waals surface area contributed by atoms with Gasteiger partial charge in [0, 0.05) is 18.1 Å². The Hall–Kier alpha value is -3.81. The Morgan fingerprint density at radius 3 is 1.94 bits per heavy atom. The molecule has 0 aliphatic rings. The molecule has 1 aromatic heterocycles. The van der Waals surface area contributed by atoms with Crippen LogP contribution in [0.5, 0.6) is 28.7 Å². The molecule has 8 nitrogen and oxygen atoms in total. The van der Waals surface area contributed by atoms with Crippen molar-refractivity contribution in [2.75, 3.05) is 40.9 Å². The number of carbonyl (C=O) groups is 1. The summed E-state index contributed by atoms with van der Waals surface area (Å²) in [6.07, 6.45) is 0.398. The van der Waals surface area contributed by atoms with Gasteiger partial charge >= 0.3 is 0 Å². The van der Waals surface area contributed by atoms with E-state index in [4.69, 9.17) is 28.1 Å². The fourth-order valence-corrected chi connectivity index (χ4v) is 3.16. The summed E-state index contributed by atoms with van der Waals surface area (Å²) in [6.45, 7) is 0. The van der Waals surface area contributed by atoms with E-state index >= 15 is 0 Å². The number of hydrogen-bond acceptors (Lipinski definition) is 7. The van der Waals surface area contributed by atoms with Crippen LogP contribution in [0.1, 0.15) is 21.9 Å². The second-order valence-electron chi connectivity index (χ2n) is 6.45. The summed E-state index contributed by atoms with van der Waals surface area (Å²) < 4.78 is 32.5. The summed E-state index contributed by atoms with van der Waals surface area (Å²) in [4.78, 5) is 12.7. The lowest BCUT2D eigenvalue weighted by Gasteiger charge is -2.13. The summed E-state index contributed by atoms with van der Waals surface area (Å²) >= 11 is 0. The topological polar surface area (TPSA) is 88.4 Å². The lowest BCUT2D eigenvalue weighted by molar-refractivity contribution is 0.0994. The van der Waals surface area contributed by atoms with Crippen molar-refractivity contribution < 1.29 is 32.9 Å². The smallest absolute Gasteiger partial charge is 0.291 e. The number of rotatable bonds is 9. The summed E-state index contributed by atoms with van der Waals surface area (Å²) in [7, 11) is 7.74. The standard InChI is InChI=1S/C23H25NO7/c1-26-16-7-6-8-17(27-2)22(16)24-23(25)18-10-9-15(31-18)11-14-12-20(29-4)21(30-5)13-19(14)28-3/h6-10,12-13H,11H2,1-5H3,(H,24,25). The van der Waals surface area contributed by atoms with E-state index in [9.17, 15) is 4.79 Å². The van der Waals surface area contributed by atoms with Crippen LogP contribution < -0.4 is 29.0 Å². The number of methoxy groups -OCH3 is 5. The zero-order valence-corrected chi connectivity index (χ0v) is 18.1. The van der Waals surface area contributed by atoms with Gasteiger partial charge in [-0.2, -0.15) is 0 Å². The first-order chi connectivity index (χ1) is 15.0. The molecular weight excluding hydrogens is 402 g/mol. The van der Waals surface area contributed by atoms with Crippen LogP contribution in [0.25, 0.3) is 0 Å². The molecule has 0 unspecified atom stereocenters. The summed E-state index contributed by atoms with van der Waals surface area (Å²) in [5, 5.41) is 2.79. The molecule has 0 bridgehead atoms. The van der Waals surface area contributed by atoms with Crippen LogP contribution in [-0.2, 0) is 6.42 Å². The molecule has 0 fully saturated rings. The van der Waals surface area contributed by atoms with E-state index in [0.29, 0.717) is 46.6 Å². The van der Waals surface area contributed by atoms with Crippen molar-refractivity contribution in [2.24, 2.45) is 0 Å². The number of para-hydroxylation sites is 1. The maximum Gasteiger partial charge on any atom is 0.291 e. The van der Waals surface area contributed by atoms with E-state index in [1.165, 1.54) is 14.2 Å². The average Bonchev–Trinajstić information content (AvgIpc) is 3.27. The molecule has 0 radical (unpaired) electrons. The molecule has 31 heavy (non-hydrogen) atoms. The van der Waals surface area contributed by atoms with E-state index in [-0.39, 0.29) is 5.76 Å². The summed E-state index contributed by atoms with van der Waals surface area (Å²) in [5.41, 5.74) is 1.25. The third-order valence-electron chi connectivity index (χ3n) is 4.70. The molecule has 0 saturated heterocycles. The number of nitrogens with one attached hydrogen (secondary N) is 1. The Morgan fingerprint density at radius 2 is 1.35 bits per heavy atom. The second-order valence-corrected chi connectivity index (χ2v) is 6.45. The number of benzene rings is 2. The minimum atomic E-state index is -0.423. The quantitative estimate of drug-likeness (QED) is 0.548. The molecule has 0 atom stereocenters. The van der Waals surface area contributed by atoms with Crippen LogP contribution in [-0.4, -0.2) is 41.5 Å². The molecular formula is C23H25NO7. The highest BCUT2D eigenvalue weighted by Gasteiger charge is 2.19. The summed E-state index contributed by atoms with van der Waals surface area (Å²) in [5.74, 6) is 3.04. The zero-order valence-electron chi connectivity index (χ0n) is 18.1. The third kappa shape index (κ3) is 4.69. The lowest BCUT2D eigenvalue weighted by atomic mass is 10.1. The molecule has 3 aromatic rings. The van der Waals surface area contributed by atoms with Crippen LogP contribution in [0.15, 0.2) is 46.9 Å². The van der Waals surface area contributed by atoms with Crippen molar-refractivity contribution >= 4 is 11.6 Å². The van der Waals surface area contributed by atoms with Gasteiger partial charge in [-0.15, -0.1) is 0 Å². The fourth-order valence-electron chi connectivity index (χ4n) is 3.16. The van der Waals surface area contributed by atoms with Crippen molar-refractivity contribution in [2.45, 2.75) is 6.42 Å². The summed E-state index contributed by atoms with van der Waals surface area (Å²) in [6, 6.07) is 12.2. The maximum absolute atomic E-state index is 12.7. The highest BCUT2D eigenvalue weighted by Crippen LogP contribution is 2.36. The lowest BCUT2D eigenvalue weighted by Crippen LogP contribution is -2.12. The highest BCUT2D eigenvalue weighted by molar-refractivity contribution is 6.04. The molecule has 3 rings (SSSR count). The molecule has 0 spiro atoms. The van der Waals surface area contributed by atoms with E-state index in [0.717, 1.165) is 5.56 Å². The van der Waals surface area contributed by atoms with Crippen molar-refractivity contribution in [3.8, 4) is 28.7 Å². The van der Waals surface area contributed by atoms with Gasteiger partial charge in [0.15, 0.2) is 17.3 Å². The van der Waals surface area contributed by atoms with Gasteiger partial charge in [-0.25, -0.2) is 0 Å². The van der Waals surface area contributed by atoms with E-state index < -0.39 is 5.91 Å². The monoisotopic (exact) mass is 427 g/mol. The molecule has 0 aliphatic heterocycles. The normalized spacial score (nSPS) is 10.4. The van der Waals surface area contributed by atoms with Gasteiger partial charge < -0.3 is 33.4 Å². The van der Waals surface area contributed by atoms with Gasteiger partial charge in [-0.3, -0.25) is 4.79 Å². The molecule has 8 heteroatoms. The molecule has 164 valence electrons. The van der Waals surface area contributed by atoms with Crippen LogP contribution in [0.3, 0.4) is 0 Å². The number of furan rings is 1. The first-order valence-electron chi connectivity index (χ1n) is 9.44. The number of hydrogen-bond donors (Lipinski definition) is 1. The van der Waals surface area contributed by atoms with Gasteiger partial charge in [0.1, 0.15) is 28.7 Å². The van der Waals surface area contributed by atoms with Crippen molar-refractivity contribution in [3.63, 3.8) is 0 Å². The molecule has 2 aromatic carbocycles.